The van der Waals surface area contributed by atoms with Crippen molar-refractivity contribution in [2.75, 3.05) is 18.1 Å². The third-order valence-corrected chi connectivity index (χ3v) is 5.46. The van der Waals surface area contributed by atoms with Crippen LogP contribution in [0.15, 0.2) is 24.5 Å². The van der Waals surface area contributed by atoms with Gasteiger partial charge in [0.15, 0.2) is 9.84 Å². The van der Waals surface area contributed by atoms with Gasteiger partial charge >= 0.3 is 0 Å². The van der Waals surface area contributed by atoms with E-state index in [4.69, 9.17) is 0 Å². The molecule has 1 aromatic heterocycles. The third-order valence-electron chi connectivity index (χ3n) is 3.59. The molecule has 1 aromatic rings. The van der Waals surface area contributed by atoms with Gasteiger partial charge in [0.2, 0.25) is 5.91 Å². The van der Waals surface area contributed by atoms with E-state index < -0.39 is 9.84 Å². The first-order valence-electron chi connectivity index (χ1n) is 7.29. The number of rotatable bonds is 5. The fraction of sp³-hybridized carbons (Fsp3) is 0.600. The van der Waals surface area contributed by atoms with Crippen molar-refractivity contribution in [1.82, 2.24) is 9.88 Å². The van der Waals surface area contributed by atoms with Crippen molar-refractivity contribution in [2.45, 2.75) is 32.7 Å². The van der Waals surface area contributed by atoms with Crippen molar-refractivity contribution >= 4 is 15.7 Å². The average Bonchev–Trinajstić information content (AvgIpc) is 2.86. The van der Waals surface area contributed by atoms with Crippen LogP contribution in [0.2, 0.25) is 0 Å². The highest BCUT2D eigenvalue weighted by atomic mass is 32.2. The van der Waals surface area contributed by atoms with E-state index in [0.717, 1.165) is 18.4 Å². The normalized spacial score (nSPS) is 19.2. The van der Waals surface area contributed by atoms with Gasteiger partial charge < -0.3 is 4.90 Å². The summed E-state index contributed by atoms with van der Waals surface area (Å²) < 4.78 is 24.0. The first-order valence-corrected chi connectivity index (χ1v) is 9.11. The minimum absolute atomic E-state index is 0.0188. The van der Waals surface area contributed by atoms with Crippen molar-refractivity contribution in [3.8, 4) is 0 Å². The Morgan fingerprint density at radius 3 is 2.67 bits per heavy atom. The summed E-state index contributed by atoms with van der Waals surface area (Å²) in [5, 5.41) is 0. The monoisotopic (exact) mass is 310 g/mol. The van der Waals surface area contributed by atoms with Gasteiger partial charge in [0.1, 0.15) is 5.75 Å². The molecule has 5 nitrogen and oxygen atoms in total. The Bertz CT molecular complexity index is 584. The van der Waals surface area contributed by atoms with Crippen LogP contribution in [0.1, 0.15) is 38.3 Å². The molecule has 0 unspecified atom stereocenters. The van der Waals surface area contributed by atoms with Gasteiger partial charge in [-0.25, -0.2) is 8.42 Å². The van der Waals surface area contributed by atoms with E-state index in [1.54, 1.807) is 17.3 Å². The molecule has 0 aromatic carbocycles. The Hall–Kier alpha value is -1.43. The van der Waals surface area contributed by atoms with Crippen LogP contribution in [0.4, 0.5) is 0 Å². The van der Waals surface area contributed by atoms with E-state index in [-0.39, 0.29) is 29.4 Å². The molecule has 0 aliphatic carbocycles. The van der Waals surface area contributed by atoms with Gasteiger partial charge in [0, 0.05) is 18.9 Å². The van der Waals surface area contributed by atoms with Crippen LogP contribution < -0.4 is 0 Å². The molecule has 6 heteroatoms. The highest BCUT2D eigenvalue weighted by Crippen LogP contribution is 2.31. The molecule has 1 amide bonds. The number of sulfone groups is 1. The zero-order valence-corrected chi connectivity index (χ0v) is 13.3. The number of carbonyl (C=O) groups is 1. The molecule has 2 rings (SSSR count). The highest BCUT2D eigenvalue weighted by molar-refractivity contribution is 7.92. The number of pyridine rings is 1. The number of aromatic nitrogens is 1. The first kappa shape index (κ1) is 15.9. The number of hydrogen-bond donors (Lipinski definition) is 0. The molecule has 21 heavy (non-hydrogen) atoms. The second-order valence-electron chi connectivity index (χ2n) is 5.97. The van der Waals surface area contributed by atoms with Crippen molar-refractivity contribution in [3.63, 3.8) is 0 Å². The summed E-state index contributed by atoms with van der Waals surface area (Å²) in [7, 11) is -3.33. The smallest absolute Gasteiger partial charge is 0.238 e. The second-order valence-corrected chi connectivity index (χ2v) is 8.08. The lowest BCUT2D eigenvalue weighted by molar-refractivity contribution is -0.129. The van der Waals surface area contributed by atoms with E-state index in [9.17, 15) is 13.2 Å². The summed E-state index contributed by atoms with van der Waals surface area (Å²) in [6.45, 7) is 4.32. The van der Waals surface area contributed by atoms with Gasteiger partial charge in [-0.2, -0.15) is 0 Å². The quantitative estimate of drug-likeness (QED) is 0.832. The van der Waals surface area contributed by atoms with E-state index in [0.29, 0.717) is 6.54 Å². The summed E-state index contributed by atoms with van der Waals surface area (Å²) in [5.74, 6) is -0.563. The zero-order chi connectivity index (χ0) is 15.5. The van der Waals surface area contributed by atoms with Gasteiger partial charge in [-0.15, -0.1) is 0 Å². The molecule has 0 radical (unpaired) electrons. The SMILES string of the molecule is CC(C)CS(=O)(=O)CC(=O)N1CCC[C@@H]1c1ccncc1. The predicted molar refractivity (Wildman–Crippen MR) is 81.4 cm³/mol. The van der Waals surface area contributed by atoms with E-state index in [1.165, 1.54) is 0 Å². The molecule has 1 saturated heterocycles. The van der Waals surface area contributed by atoms with Gasteiger partial charge in [-0.1, -0.05) is 13.8 Å². The molecule has 2 heterocycles. The van der Waals surface area contributed by atoms with Crippen LogP contribution in [0, 0.1) is 5.92 Å². The third kappa shape index (κ3) is 4.27. The van der Waals surface area contributed by atoms with E-state index >= 15 is 0 Å². The number of hydrogen-bond acceptors (Lipinski definition) is 4. The molecule has 0 N–H and O–H groups in total. The Morgan fingerprint density at radius 1 is 1.38 bits per heavy atom. The minimum Gasteiger partial charge on any atom is -0.335 e. The molecule has 0 saturated carbocycles. The summed E-state index contributed by atoms with van der Waals surface area (Å²) in [5.41, 5.74) is 1.03. The van der Waals surface area contributed by atoms with Crippen LogP contribution in [0.25, 0.3) is 0 Å². The molecule has 0 bridgehead atoms. The first-order chi connectivity index (χ1) is 9.89. The fourth-order valence-corrected chi connectivity index (χ4v) is 4.51. The van der Waals surface area contributed by atoms with Crippen molar-refractivity contribution in [2.24, 2.45) is 5.92 Å². The average molecular weight is 310 g/mol. The molecule has 116 valence electrons. The predicted octanol–water partition coefficient (Wildman–Crippen LogP) is 1.82. The van der Waals surface area contributed by atoms with Crippen LogP contribution in [0.5, 0.6) is 0 Å². The van der Waals surface area contributed by atoms with E-state index in [2.05, 4.69) is 4.98 Å². The molecule has 1 fully saturated rings. The maximum absolute atomic E-state index is 12.4. The molecular formula is C15H22N2O3S. The molecule has 1 aliphatic rings. The van der Waals surface area contributed by atoms with Crippen LogP contribution in [-0.4, -0.2) is 42.3 Å². The summed E-state index contributed by atoms with van der Waals surface area (Å²) >= 11 is 0. The molecule has 0 spiro atoms. The highest BCUT2D eigenvalue weighted by Gasteiger charge is 2.32. The fourth-order valence-electron chi connectivity index (χ4n) is 2.84. The maximum Gasteiger partial charge on any atom is 0.238 e. The maximum atomic E-state index is 12.4. The summed E-state index contributed by atoms with van der Waals surface area (Å²) in [4.78, 5) is 18.0. The van der Waals surface area contributed by atoms with Gasteiger partial charge in [0.25, 0.3) is 0 Å². The zero-order valence-electron chi connectivity index (χ0n) is 12.5. The van der Waals surface area contributed by atoms with Crippen LogP contribution >= 0.6 is 0 Å². The number of likely N-dealkylation sites (tertiary alicyclic amines) is 1. The standard InChI is InChI=1S/C15H22N2O3S/c1-12(2)10-21(19,20)11-15(18)17-9-3-4-14(17)13-5-7-16-8-6-13/h5-8,12,14H,3-4,9-11H2,1-2H3/t14-/m1/s1. The largest absolute Gasteiger partial charge is 0.335 e. The van der Waals surface area contributed by atoms with Crippen molar-refractivity contribution < 1.29 is 13.2 Å². The second kappa shape index (κ2) is 6.56. The van der Waals surface area contributed by atoms with Gasteiger partial charge in [-0.05, 0) is 36.5 Å². The minimum atomic E-state index is -3.33. The van der Waals surface area contributed by atoms with Crippen LogP contribution in [0.3, 0.4) is 0 Å². The van der Waals surface area contributed by atoms with Crippen LogP contribution in [-0.2, 0) is 14.6 Å². The number of amides is 1. The Morgan fingerprint density at radius 2 is 2.05 bits per heavy atom. The number of carbonyl (C=O) groups excluding carboxylic acids is 1. The lowest BCUT2D eigenvalue weighted by Crippen LogP contribution is -2.36. The summed E-state index contributed by atoms with van der Waals surface area (Å²) in [6.07, 6.45) is 5.18. The topological polar surface area (TPSA) is 67.3 Å². The lowest BCUT2D eigenvalue weighted by Gasteiger charge is -2.25. The lowest BCUT2D eigenvalue weighted by atomic mass is 10.1. The molecular weight excluding hydrogens is 288 g/mol. The van der Waals surface area contributed by atoms with Crippen molar-refractivity contribution in [1.29, 1.82) is 0 Å². The Kier molecular flexibility index (Phi) is 4.98. The molecule has 1 aliphatic heterocycles. The van der Waals surface area contributed by atoms with Gasteiger partial charge in [0.05, 0.1) is 11.8 Å². The van der Waals surface area contributed by atoms with Gasteiger partial charge in [-0.3, -0.25) is 9.78 Å². The Balaban J connectivity index is 2.08. The summed E-state index contributed by atoms with van der Waals surface area (Å²) in [6, 6.07) is 3.76. The number of nitrogens with zero attached hydrogens (tertiary/aromatic N) is 2. The molecule has 1 atom stereocenters. The Labute approximate surface area is 126 Å². The van der Waals surface area contributed by atoms with Crippen molar-refractivity contribution in [3.05, 3.63) is 30.1 Å². The van der Waals surface area contributed by atoms with E-state index in [1.807, 2.05) is 26.0 Å².